The molecule has 0 saturated heterocycles. The molecule has 15 heavy (non-hydrogen) atoms. The molecule has 5 nitrogen and oxygen atoms in total. The first-order valence-electron chi connectivity index (χ1n) is 4.83. The fraction of sp³-hybridized carbons (Fsp3) is 0.300. The van der Waals surface area contributed by atoms with Crippen LogP contribution in [0.2, 0.25) is 0 Å². The van der Waals surface area contributed by atoms with E-state index in [0.29, 0.717) is 17.5 Å². The fourth-order valence-corrected chi connectivity index (χ4v) is 1.26. The highest BCUT2D eigenvalue weighted by Gasteiger charge is 2.08. The molecule has 0 unspecified atom stereocenters. The van der Waals surface area contributed by atoms with Gasteiger partial charge in [-0.25, -0.2) is 4.79 Å². The number of carbonyl (C=O) groups excluding carboxylic acids is 1. The van der Waals surface area contributed by atoms with Crippen LogP contribution in [0.1, 0.15) is 19.8 Å². The van der Waals surface area contributed by atoms with E-state index in [0.717, 1.165) is 11.3 Å². The topological polar surface area (TPSA) is 57.0 Å². The number of hydrogen-bond acceptors (Lipinski definition) is 4. The lowest BCUT2D eigenvalue weighted by Crippen LogP contribution is -2.20. The first-order chi connectivity index (χ1) is 7.31. The highest BCUT2D eigenvalue weighted by Crippen LogP contribution is 2.08. The van der Waals surface area contributed by atoms with Crippen molar-refractivity contribution in [1.82, 2.24) is 15.2 Å². The van der Waals surface area contributed by atoms with Gasteiger partial charge in [0.2, 0.25) is 0 Å². The quantitative estimate of drug-likeness (QED) is 0.706. The van der Waals surface area contributed by atoms with Gasteiger partial charge >= 0.3 is 5.97 Å². The number of aromatic nitrogens is 3. The van der Waals surface area contributed by atoms with Crippen molar-refractivity contribution in [2.75, 3.05) is 0 Å². The van der Waals surface area contributed by atoms with Crippen molar-refractivity contribution in [3.8, 4) is 0 Å². The minimum atomic E-state index is -0.298. The molecular weight excluding hydrogens is 194 g/mol. The summed E-state index contributed by atoms with van der Waals surface area (Å²) in [6.07, 6.45) is 1.14. The van der Waals surface area contributed by atoms with Gasteiger partial charge in [-0.1, -0.05) is 23.9 Å². The zero-order valence-electron chi connectivity index (χ0n) is 8.38. The van der Waals surface area contributed by atoms with Crippen molar-refractivity contribution in [2.24, 2.45) is 0 Å². The van der Waals surface area contributed by atoms with Gasteiger partial charge < -0.3 is 4.84 Å². The van der Waals surface area contributed by atoms with Crippen molar-refractivity contribution in [1.29, 1.82) is 0 Å². The van der Waals surface area contributed by atoms with Crippen LogP contribution in [0, 0.1) is 0 Å². The minimum Gasteiger partial charge on any atom is -0.317 e. The predicted molar refractivity (Wildman–Crippen MR) is 54.0 cm³/mol. The molecule has 1 heterocycles. The second kappa shape index (κ2) is 4.08. The molecule has 0 aliphatic rings. The SMILES string of the molecule is CCCC(=O)On1nnc2ccccc21. The Bertz CT molecular complexity index is 478. The summed E-state index contributed by atoms with van der Waals surface area (Å²) >= 11 is 0. The fourth-order valence-electron chi connectivity index (χ4n) is 1.26. The largest absolute Gasteiger partial charge is 0.335 e. The molecule has 5 heteroatoms. The number of fused-ring (bicyclic) bond motifs is 1. The standard InChI is InChI=1S/C10H11N3O2/c1-2-5-10(14)15-13-9-7-4-3-6-8(9)11-12-13/h3-4,6-7H,2,5H2,1H3. The van der Waals surface area contributed by atoms with Crippen LogP contribution in [0.25, 0.3) is 11.0 Å². The first kappa shape index (κ1) is 9.64. The van der Waals surface area contributed by atoms with Gasteiger partial charge in [0.1, 0.15) is 11.0 Å². The number of benzene rings is 1. The third-order valence-electron chi connectivity index (χ3n) is 1.96. The lowest BCUT2D eigenvalue weighted by molar-refractivity contribution is -0.145. The van der Waals surface area contributed by atoms with Gasteiger partial charge in [-0.3, -0.25) is 0 Å². The Morgan fingerprint density at radius 2 is 2.27 bits per heavy atom. The number of hydrogen-bond donors (Lipinski definition) is 0. The van der Waals surface area contributed by atoms with Crippen LogP contribution in [0.5, 0.6) is 0 Å². The maximum absolute atomic E-state index is 11.2. The van der Waals surface area contributed by atoms with Gasteiger partial charge in [0.25, 0.3) is 0 Å². The molecule has 0 aliphatic heterocycles. The summed E-state index contributed by atoms with van der Waals surface area (Å²) in [5, 5.41) is 7.61. The summed E-state index contributed by atoms with van der Waals surface area (Å²) in [4.78, 5) is 17.4. The van der Waals surface area contributed by atoms with E-state index in [-0.39, 0.29) is 5.97 Å². The van der Waals surface area contributed by atoms with Gasteiger partial charge in [-0.15, -0.1) is 5.10 Å². The number of rotatable bonds is 3. The van der Waals surface area contributed by atoms with Gasteiger partial charge in [-0.05, 0) is 23.8 Å². The van der Waals surface area contributed by atoms with Crippen molar-refractivity contribution in [3.05, 3.63) is 24.3 Å². The maximum atomic E-state index is 11.2. The number of nitrogens with zero attached hydrogens (tertiary/aromatic N) is 3. The highest BCUT2D eigenvalue weighted by atomic mass is 16.7. The summed E-state index contributed by atoms with van der Waals surface area (Å²) in [6.45, 7) is 1.92. The third-order valence-corrected chi connectivity index (χ3v) is 1.96. The molecule has 0 radical (unpaired) electrons. The summed E-state index contributed by atoms with van der Waals surface area (Å²) in [6, 6.07) is 7.31. The monoisotopic (exact) mass is 205 g/mol. The molecule has 2 rings (SSSR count). The van der Waals surface area contributed by atoms with Crippen molar-refractivity contribution in [2.45, 2.75) is 19.8 Å². The van der Waals surface area contributed by atoms with E-state index in [2.05, 4.69) is 10.3 Å². The molecule has 0 fully saturated rings. The summed E-state index contributed by atoms with van der Waals surface area (Å²) in [5.74, 6) is -0.298. The van der Waals surface area contributed by atoms with Crippen LogP contribution in [0.4, 0.5) is 0 Å². The summed E-state index contributed by atoms with van der Waals surface area (Å²) in [7, 11) is 0. The van der Waals surface area contributed by atoms with Crippen molar-refractivity contribution < 1.29 is 9.63 Å². The molecule has 0 atom stereocenters. The van der Waals surface area contributed by atoms with Crippen LogP contribution in [-0.2, 0) is 4.79 Å². The lowest BCUT2D eigenvalue weighted by Gasteiger charge is -2.01. The van der Waals surface area contributed by atoms with Gasteiger partial charge in [-0.2, -0.15) is 0 Å². The maximum Gasteiger partial charge on any atom is 0.335 e. The van der Waals surface area contributed by atoms with Crippen LogP contribution < -0.4 is 4.84 Å². The van der Waals surface area contributed by atoms with E-state index in [1.165, 1.54) is 0 Å². The Labute approximate surface area is 86.6 Å². The molecule has 0 N–H and O–H groups in total. The van der Waals surface area contributed by atoms with Crippen LogP contribution in [-0.4, -0.2) is 21.1 Å². The molecule has 0 spiro atoms. The minimum absolute atomic E-state index is 0.298. The Balaban J connectivity index is 2.25. The average Bonchev–Trinajstić information content (AvgIpc) is 2.62. The first-order valence-corrected chi connectivity index (χ1v) is 4.83. The molecule has 78 valence electrons. The lowest BCUT2D eigenvalue weighted by atomic mass is 10.3. The van der Waals surface area contributed by atoms with Crippen LogP contribution >= 0.6 is 0 Å². The van der Waals surface area contributed by atoms with E-state index in [1.807, 2.05) is 25.1 Å². The molecule has 0 amide bonds. The van der Waals surface area contributed by atoms with Crippen molar-refractivity contribution >= 4 is 17.0 Å². The van der Waals surface area contributed by atoms with Crippen LogP contribution in [0.3, 0.4) is 0 Å². The van der Waals surface area contributed by atoms with E-state index >= 15 is 0 Å². The number of carbonyl (C=O) groups is 1. The third kappa shape index (κ3) is 1.96. The van der Waals surface area contributed by atoms with Gasteiger partial charge in [0, 0.05) is 6.42 Å². The zero-order valence-corrected chi connectivity index (χ0v) is 8.38. The molecule has 1 aromatic heterocycles. The molecule has 0 bridgehead atoms. The van der Waals surface area contributed by atoms with E-state index in [4.69, 9.17) is 4.84 Å². The molecule has 0 aliphatic carbocycles. The van der Waals surface area contributed by atoms with Gasteiger partial charge in [0.15, 0.2) is 0 Å². The molecular formula is C10H11N3O2. The Kier molecular flexibility index (Phi) is 2.62. The summed E-state index contributed by atoms with van der Waals surface area (Å²) < 4.78 is 0. The Morgan fingerprint density at radius 3 is 3.07 bits per heavy atom. The number of para-hydroxylation sites is 1. The van der Waals surface area contributed by atoms with Crippen LogP contribution in [0.15, 0.2) is 24.3 Å². The van der Waals surface area contributed by atoms with E-state index in [9.17, 15) is 4.79 Å². The van der Waals surface area contributed by atoms with E-state index in [1.54, 1.807) is 6.07 Å². The predicted octanol–water partition coefficient (Wildman–Crippen LogP) is 1.19. The molecule has 2 aromatic rings. The van der Waals surface area contributed by atoms with Crippen molar-refractivity contribution in [3.63, 3.8) is 0 Å². The Hall–Kier alpha value is -1.91. The average molecular weight is 205 g/mol. The molecule has 0 saturated carbocycles. The molecule has 1 aromatic carbocycles. The Morgan fingerprint density at radius 1 is 1.47 bits per heavy atom. The summed E-state index contributed by atoms with van der Waals surface area (Å²) in [5.41, 5.74) is 1.41. The second-order valence-corrected chi connectivity index (χ2v) is 3.16. The zero-order chi connectivity index (χ0) is 10.7. The normalized spacial score (nSPS) is 10.5. The second-order valence-electron chi connectivity index (χ2n) is 3.16. The highest BCUT2D eigenvalue weighted by molar-refractivity contribution is 5.75. The smallest absolute Gasteiger partial charge is 0.317 e. The van der Waals surface area contributed by atoms with Gasteiger partial charge in [0.05, 0.1) is 0 Å². The van der Waals surface area contributed by atoms with E-state index < -0.39 is 0 Å².